The molecule has 0 amide bonds. The van der Waals surface area contributed by atoms with Gasteiger partial charge in [-0.05, 0) is 36.6 Å². The summed E-state index contributed by atoms with van der Waals surface area (Å²) in [5, 5.41) is 0. The Balaban J connectivity index is 0.00000400. The second-order valence-corrected chi connectivity index (χ2v) is 5.31. The molecule has 0 heterocycles. The van der Waals surface area contributed by atoms with E-state index in [4.69, 9.17) is 5.73 Å². The van der Waals surface area contributed by atoms with Crippen LogP contribution in [0.4, 0.5) is 16.8 Å². The van der Waals surface area contributed by atoms with E-state index in [9.17, 15) is 25.3 Å². The summed E-state index contributed by atoms with van der Waals surface area (Å²) in [4.78, 5) is 0. The van der Waals surface area contributed by atoms with E-state index in [2.05, 4.69) is 4.18 Å². The Labute approximate surface area is 163 Å². The predicted octanol–water partition coefficient (Wildman–Crippen LogP) is -0.712. The van der Waals surface area contributed by atoms with E-state index in [1.807, 2.05) is 0 Å². The van der Waals surface area contributed by atoms with Gasteiger partial charge in [0.25, 0.3) is 0 Å². The number of hydrogen-bond donors (Lipinski definition) is 1. The molecule has 1 aromatic rings. The summed E-state index contributed by atoms with van der Waals surface area (Å²) in [5.74, 6) is -0.478. The molecule has 0 atom stereocenters. The Bertz CT molecular complexity index is 622. The van der Waals surface area contributed by atoms with Gasteiger partial charge in [-0.1, -0.05) is 15.8 Å². The van der Waals surface area contributed by atoms with E-state index in [-0.39, 0.29) is 74.6 Å². The third-order valence-electron chi connectivity index (χ3n) is 2.91. The maximum atomic E-state index is 12.6. The summed E-state index contributed by atoms with van der Waals surface area (Å²) in [6.45, 7) is -2.57. The van der Waals surface area contributed by atoms with Crippen LogP contribution in [0.5, 0.6) is 5.75 Å². The van der Waals surface area contributed by atoms with Crippen molar-refractivity contribution in [3.63, 3.8) is 0 Å². The maximum Gasteiger partial charge on any atom is 1.00 e. The largest absolute Gasteiger partial charge is 1.00 e. The Hall–Kier alpha value is 0.351. The van der Waals surface area contributed by atoms with Crippen LogP contribution in [0.15, 0.2) is 6.07 Å². The molecule has 0 unspecified atom stereocenters. The van der Waals surface area contributed by atoms with Crippen LogP contribution in [0.2, 0.25) is 0 Å². The molecule has 0 aliphatic carbocycles. The second kappa shape index (κ2) is 7.75. The minimum atomic E-state index is -5.31. The molecule has 0 fully saturated rings. The van der Waals surface area contributed by atoms with Crippen molar-refractivity contribution in [1.29, 1.82) is 0 Å². The van der Waals surface area contributed by atoms with Crippen LogP contribution in [0.25, 0.3) is 0 Å². The van der Waals surface area contributed by atoms with Gasteiger partial charge >= 0.3 is 68.9 Å². The van der Waals surface area contributed by atoms with Gasteiger partial charge in [-0.2, -0.15) is 8.42 Å². The van der Waals surface area contributed by atoms with Crippen LogP contribution in [0, 0.1) is 13.8 Å². The zero-order valence-electron chi connectivity index (χ0n) is 11.8. The van der Waals surface area contributed by atoms with Crippen molar-refractivity contribution in [2.45, 2.75) is 26.7 Å². The first-order valence-electron chi connectivity index (χ1n) is 5.61. The van der Waals surface area contributed by atoms with Crippen LogP contribution in [-0.2, 0) is 23.4 Å². The molecule has 11 heteroatoms. The Morgan fingerprint density at radius 2 is 1.76 bits per heavy atom. The summed E-state index contributed by atoms with van der Waals surface area (Å²) < 4.78 is 75.4. The predicted molar refractivity (Wildman–Crippen MR) is 67.2 cm³/mol. The molecule has 0 saturated carbocycles. The van der Waals surface area contributed by atoms with Crippen molar-refractivity contribution in [2.24, 2.45) is 5.73 Å². The van der Waals surface area contributed by atoms with Crippen molar-refractivity contribution < 1.29 is 80.8 Å². The number of benzene rings is 1. The molecular formula is C10H13BF4KNO3S. The summed E-state index contributed by atoms with van der Waals surface area (Å²) in [6.07, 6.45) is -1.21. The molecule has 4 nitrogen and oxygen atoms in total. The molecule has 0 aromatic heterocycles. The monoisotopic (exact) mass is 353 g/mol. The van der Waals surface area contributed by atoms with Gasteiger partial charge < -0.3 is 22.9 Å². The van der Waals surface area contributed by atoms with E-state index in [1.54, 1.807) is 0 Å². The molecular weight excluding hydrogens is 340 g/mol. The van der Waals surface area contributed by atoms with Gasteiger partial charge in [0.2, 0.25) is 0 Å². The summed E-state index contributed by atoms with van der Waals surface area (Å²) in [6, 6.07) is 1.13. The van der Waals surface area contributed by atoms with Crippen molar-refractivity contribution in [2.75, 3.05) is 0 Å². The first-order valence-corrected chi connectivity index (χ1v) is 6.92. The molecule has 1 rings (SSSR count). The van der Waals surface area contributed by atoms with Gasteiger partial charge in [0.15, 0.2) is 0 Å². The number of halogens is 4. The average Bonchev–Trinajstić information content (AvgIpc) is 2.25. The van der Waals surface area contributed by atoms with Crippen molar-refractivity contribution in [3.05, 3.63) is 28.3 Å². The number of nitrogens with two attached hydrogens (primary N) is 1. The first kappa shape index (κ1) is 21.4. The zero-order chi connectivity index (χ0) is 15.7. The van der Waals surface area contributed by atoms with Gasteiger partial charge in [0, 0.05) is 6.54 Å². The van der Waals surface area contributed by atoms with E-state index < -0.39 is 29.6 Å². The Morgan fingerprint density at radius 1 is 1.24 bits per heavy atom. The first-order chi connectivity index (χ1) is 8.94. The molecule has 0 aliphatic heterocycles. The second-order valence-electron chi connectivity index (χ2n) is 4.36. The van der Waals surface area contributed by atoms with Gasteiger partial charge in [-0.25, -0.2) is 0 Å². The summed E-state index contributed by atoms with van der Waals surface area (Å²) in [5.41, 5.74) is 5.75. The molecule has 114 valence electrons. The van der Waals surface area contributed by atoms with E-state index in [1.165, 1.54) is 13.8 Å². The van der Waals surface area contributed by atoms with E-state index in [0.29, 0.717) is 5.56 Å². The third-order valence-corrected chi connectivity index (χ3v) is 3.29. The smallest absolute Gasteiger partial charge is 0.449 e. The normalized spacial score (nSPS) is 12.0. The van der Waals surface area contributed by atoms with Gasteiger partial charge in [-0.3, -0.25) is 0 Å². The Morgan fingerprint density at radius 3 is 2.14 bits per heavy atom. The molecule has 0 saturated heterocycles. The topological polar surface area (TPSA) is 69.4 Å². The molecule has 0 bridgehead atoms. The fourth-order valence-electron chi connectivity index (χ4n) is 1.94. The summed E-state index contributed by atoms with van der Waals surface area (Å²) in [7, 11) is -5.31. The molecule has 21 heavy (non-hydrogen) atoms. The zero-order valence-corrected chi connectivity index (χ0v) is 15.7. The number of hydrogen-bond acceptors (Lipinski definition) is 4. The van der Waals surface area contributed by atoms with Crippen LogP contribution in [-0.4, -0.2) is 15.4 Å². The fourth-order valence-corrected chi connectivity index (χ4v) is 2.33. The molecule has 0 radical (unpaired) electrons. The van der Waals surface area contributed by atoms with Crippen molar-refractivity contribution in [1.82, 2.24) is 0 Å². The maximum absolute atomic E-state index is 12.6. The molecule has 1 aromatic carbocycles. The standard InChI is InChI=1S/C10H13BF4NO3S.K/c1-6-8(5-16)3-10(19-20(15,17)18)7(2)9(6)4-11(12,13)14;/h3H,4-5,16H2,1-2H3;/q-1;+1. The van der Waals surface area contributed by atoms with Gasteiger partial charge in [-0.15, -0.1) is 0 Å². The van der Waals surface area contributed by atoms with Gasteiger partial charge in [0.1, 0.15) is 5.75 Å². The van der Waals surface area contributed by atoms with E-state index >= 15 is 0 Å². The summed E-state index contributed by atoms with van der Waals surface area (Å²) >= 11 is 0. The van der Waals surface area contributed by atoms with E-state index in [0.717, 1.165) is 6.07 Å². The fraction of sp³-hybridized carbons (Fsp3) is 0.400. The van der Waals surface area contributed by atoms with Crippen LogP contribution < -0.4 is 61.3 Å². The third kappa shape index (κ3) is 6.55. The average molecular weight is 353 g/mol. The number of rotatable bonds is 5. The van der Waals surface area contributed by atoms with Crippen LogP contribution in [0.1, 0.15) is 22.3 Å². The van der Waals surface area contributed by atoms with Crippen LogP contribution in [0.3, 0.4) is 0 Å². The molecule has 2 N–H and O–H groups in total. The minimum Gasteiger partial charge on any atom is -0.449 e. The molecule has 0 aliphatic rings. The van der Waals surface area contributed by atoms with Crippen molar-refractivity contribution >= 4 is 17.5 Å². The molecule has 0 spiro atoms. The Kier molecular flexibility index (Phi) is 7.88. The van der Waals surface area contributed by atoms with Crippen LogP contribution >= 0.6 is 0 Å². The SMILES string of the molecule is Cc1c(CN)cc(OS(=O)(=O)F)c(C)c1C[B-](F)(F)F.[K+]. The van der Waals surface area contributed by atoms with Gasteiger partial charge in [0.05, 0.1) is 0 Å². The quantitative estimate of drug-likeness (QED) is 0.431. The van der Waals surface area contributed by atoms with Crippen molar-refractivity contribution in [3.8, 4) is 5.75 Å². The minimum absolute atomic E-state index is 0.